The molecule has 1 saturated carbocycles. The number of aryl methyl sites for hydroxylation is 1. The van der Waals surface area contributed by atoms with Gasteiger partial charge in [-0.25, -0.2) is 9.97 Å². The standard InChI is InChI=1S/C29H27N5O3S/c1-17-8-9-20(31-24(35)18-6-5-7-19(14-18)28(2,3)16-30)15-22(17)37-23-11-10-21-25(33-23)38-27(32-21)34-26(36)29(4)12-13-29/h5-11,14-15H,12-13H2,1-4H3,(H,31,35)(H,32,34,36). The van der Waals surface area contributed by atoms with Crippen LogP contribution in [0.4, 0.5) is 10.8 Å². The van der Waals surface area contributed by atoms with E-state index in [9.17, 15) is 14.9 Å². The lowest BCUT2D eigenvalue weighted by atomic mass is 9.85. The van der Waals surface area contributed by atoms with E-state index in [-0.39, 0.29) is 17.2 Å². The number of amides is 2. The van der Waals surface area contributed by atoms with Crippen molar-refractivity contribution in [3.8, 4) is 17.7 Å². The summed E-state index contributed by atoms with van der Waals surface area (Å²) in [5.41, 5.74) is 2.37. The Balaban J connectivity index is 1.31. The third-order valence-electron chi connectivity index (χ3n) is 6.79. The summed E-state index contributed by atoms with van der Waals surface area (Å²) < 4.78 is 6.07. The third-order valence-corrected chi connectivity index (χ3v) is 7.67. The maximum Gasteiger partial charge on any atom is 0.255 e. The van der Waals surface area contributed by atoms with Gasteiger partial charge in [-0.1, -0.05) is 36.5 Å². The smallest absolute Gasteiger partial charge is 0.255 e. The number of rotatable bonds is 7. The highest BCUT2D eigenvalue weighted by molar-refractivity contribution is 7.22. The monoisotopic (exact) mass is 525 g/mol. The Morgan fingerprint density at radius 2 is 1.87 bits per heavy atom. The first kappa shape index (κ1) is 25.4. The highest BCUT2D eigenvalue weighted by Gasteiger charge is 2.45. The summed E-state index contributed by atoms with van der Waals surface area (Å²) in [5, 5.41) is 15.7. The van der Waals surface area contributed by atoms with Gasteiger partial charge in [0.05, 0.1) is 11.5 Å². The van der Waals surface area contributed by atoms with Gasteiger partial charge >= 0.3 is 0 Å². The Morgan fingerprint density at radius 3 is 2.61 bits per heavy atom. The van der Waals surface area contributed by atoms with Crippen LogP contribution in [0.2, 0.25) is 0 Å². The molecule has 2 amide bonds. The number of carbonyl (C=O) groups excluding carboxylic acids is 2. The molecule has 0 unspecified atom stereocenters. The lowest BCUT2D eigenvalue weighted by Gasteiger charge is -2.16. The number of ether oxygens (including phenoxy) is 1. The largest absolute Gasteiger partial charge is 0.439 e. The van der Waals surface area contributed by atoms with Crippen LogP contribution in [-0.4, -0.2) is 21.8 Å². The van der Waals surface area contributed by atoms with Crippen LogP contribution < -0.4 is 15.4 Å². The first-order chi connectivity index (χ1) is 18.1. The van der Waals surface area contributed by atoms with Gasteiger partial charge in [0.15, 0.2) is 5.13 Å². The summed E-state index contributed by atoms with van der Waals surface area (Å²) in [6, 6.07) is 18.3. The molecule has 0 radical (unpaired) electrons. The van der Waals surface area contributed by atoms with E-state index in [1.807, 2.05) is 39.8 Å². The van der Waals surface area contributed by atoms with Crippen molar-refractivity contribution in [2.24, 2.45) is 5.41 Å². The number of nitriles is 1. The van der Waals surface area contributed by atoms with E-state index in [1.165, 1.54) is 11.3 Å². The van der Waals surface area contributed by atoms with Crippen LogP contribution in [0, 0.1) is 23.7 Å². The van der Waals surface area contributed by atoms with Gasteiger partial charge in [0.2, 0.25) is 11.8 Å². The van der Waals surface area contributed by atoms with Crippen LogP contribution >= 0.6 is 11.3 Å². The molecule has 0 bridgehead atoms. The van der Waals surface area contributed by atoms with Crippen molar-refractivity contribution in [1.82, 2.24) is 9.97 Å². The normalized spacial score (nSPS) is 14.0. The maximum absolute atomic E-state index is 12.9. The Bertz CT molecular complexity index is 1610. The molecular weight excluding hydrogens is 498 g/mol. The minimum Gasteiger partial charge on any atom is -0.439 e. The molecule has 0 atom stereocenters. The predicted octanol–water partition coefficient (Wildman–Crippen LogP) is 6.58. The molecule has 9 heteroatoms. The predicted molar refractivity (Wildman–Crippen MR) is 148 cm³/mol. The first-order valence-corrected chi connectivity index (χ1v) is 13.1. The van der Waals surface area contributed by atoms with Crippen LogP contribution in [0.25, 0.3) is 10.3 Å². The summed E-state index contributed by atoms with van der Waals surface area (Å²) in [6.07, 6.45) is 1.79. The van der Waals surface area contributed by atoms with Gasteiger partial charge < -0.3 is 15.4 Å². The Kier molecular flexibility index (Phi) is 6.37. The van der Waals surface area contributed by atoms with Gasteiger partial charge in [-0.2, -0.15) is 5.26 Å². The summed E-state index contributed by atoms with van der Waals surface area (Å²) >= 11 is 1.30. The second kappa shape index (κ2) is 9.54. The lowest BCUT2D eigenvalue weighted by molar-refractivity contribution is -0.120. The fourth-order valence-electron chi connectivity index (χ4n) is 3.79. The highest BCUT2D eigenvalue weighted by atomic mass is 32.1. The van der Waals surface area contributed by atoms with E-state index in [0.29, 0.717) is 38.4 Å². The summed E-state index contributed by atoms with van der Waals surface area (Å²) in [4.78, 5) is 35.0. The molecule has 1 fully saturated rings. The van der Waals surface area contributed by atoms with Gasteiger partial charge in [-0.3, -0.25) is 9.59 Å². The number of fused-ring (bicyclic) bond motifs is 1. The second-order valence-corrected chi connectivity index (χ2v) is 11.3. The zero-order valence-corrected chi connectivity index (χ0v) is 22.4. The van der Waals surface area contributed by atoms with Crippen molar-refractivity contribution < 1.29 is 14.3 Å². The number of carbonyl (C=O) groups is 2. The van der Waals surface area contributed by atoms with Gasteiger partial charge in [-0.05, 0) is 69.0 Å². The van der Waals surface area contributed by atoms with Crippen LogP contribution in [0.15, 0.2) is 54.6 Å². The minimum absolute atomic E-state index is 0.0111. The fourth-order valence-corrected chi connectivity index (χ4v) is 4.62. The number of hydrogen-bond donors (Lipinski definition) is 2. The molecule has 1 aliphatic carbocycles. The van der Waals surface area contributed by atoms with Crippen molar-refractivity contribution >= 4 is 44.3 Å². The lowest BCUT2D eigenvalue weighted by Crippen LogP contribution is -2.21. The van der Waals surface area contributed by atoms with E-state index in [4.69, 9.17) is 4.74 Å². The van der Waals surface area contributed by atoms with Crippen LogP contribution in [0.3, 0.4) is 0 Å². The topological polar surface area (TPSA) is 117 Å². The van der Waals surface area contributed by atoms with Crippen molar-refractivity contribution in [3.05, 3.63) is 71.3 Å². The fraction of sp³-hybridized carbons (Fsp3) is 0.276. The Morgan fingerprint density at radius 1 is 1.08 bits per heavy atom. The maximum atomic E-state index is 12.9. The number of anilines is 2. The number of pyridine rings is 1. The average molecular weight is 526 g/mol. The summed E-state index contributed by atoms with van der Waals surface area (Å²) in [6.45, 7) is 7.49. The summed E-state index contributed by atoms with van der Waals surface area (Å²) in [7, 11) is 0. The number of thiazole rings is 1. The van der Waals surface area contributed by atoms with Gasteiger partial charge in [0, 0.05) is 28.8 Å². The molecule has 1 aliphatic rings. The molecule has 2 heterocycles. The van der Waals surface area contributed by atoms with Gasteiger partial charge in [-0.15, -0.1) is 0 Å². The number of nitrogens with zero attached hydrogens (tertiary/aromatic N) is 3. The average Bonchev–Trinajstić information content (AvgIpc) is 3.53. The SMILES string of the molecule is Cc1ccc(NC(=O)c2cccc(C(C)(C)C#N)c2)cc1Oc1ccc2nc(NC(=O)C3(C)CC3)sc2n1. The van der Waals surface area contributed by atoms with E-state index in [1.54, 1.807) is 42.5 Å². The molecule has 2 aromatic carbocycles. The van der Waals surface area contributed by atoms with Crippen molar-refractivity contribution in [1.29, 1.82) is 5.26 Å². The van der Waals surface area contributed by atoms with Crippen LogP contribution in [0.5, 0.6) is 11.6 Å². The van der Waals surface area contributed by atoms with Crippen molar-refractivity contribution in [2.75, 3.05) is 10.6 Å². The molecule has 2 aromatic heterocycles. The zero-order chi connectivity index (χ0) is 27.1. The molecule has 5 rings (SSSR count). The third kappa shape index (κ3) is 5.22. The molecular formula is C29H27N5O3S. The number of aromatic nitrogens is 2. The summed E-state index contributed by atoms with van der Waals surface area (Å²) in [5.74, 6) is 0.636. The molecule has 2 N–H and O–H groups in total. The molecule has 4 aromatic rings. The van der Waals surface area contributed by atoms with Crippen molar-refractivity contribution in [3.63, 3.8) is 0 Å². The minimum atomic E-state index is -0.699. The molecule has 8 nitrogen and oxygen atoms in total. The number of nitrogens with one attached hydrogen (secondary N) is 2. The second-order valence-electron chi connectivity index (χ2n) is 10.4. The van der Waals surface area contributed by atoms with Gasteiger partial charge in [0.25, 0.3) is 5.91 Å². The Hall–Kier alpha value is -4.29. The van der Waals surface area contributed by atoms with E-state index in [0.717, 1.165) is 24.0 Å². The molecule has 0 saturated heterocycles. The van der Waals surface area contributed by atoms with Crippen LogP contribution in [-0.2, 0) is 10.2 Å². The van der Waals surface area contributed by atoms with E-state index in [2.05, 4.69) is 26.7 Å². The molecule has 38 heavy (non-hydrogen) atoms. The Labute approximate surface area is 224 Å². The van der Waals surface area contributed by atoms with Crippen LogP contribution in [0.1, 0.15) is 55.1 Å². The van der Waals surface area contributed by atoms with Crippen molar-refractivity contribution in [2.45, 2.75) is 46.0 Å². The molecule has 0 aliphatic heterocycles. The number of benzene rings is 2. The quantitative estimate of drug-likeness (QED) is 0.281. The molecule has 192 valence electrons. The number of hydrogen-bond acceptors (Lipinski definition) is 7. The first-order valence-electron chi connectivity index (χ1n) is 12.3. The zero-order valence-electron chi connectivity index (χ0n) is 21.6. The van der Waals surface area contributed by atoms with E-state index < -0.39 is 5.41 Å². The molecule has 0 spiro atoms. The highest BCUT2D eigenvalue weighted by Crippen LogP contribution is 2.46. The van der Waals surface area contributed by atoms with Gasteiger partial charge in [0.1, 0.15) is 16.1 Å². The van der Waals surface area contributed by atoms with E-state index >= 15 is 0 Å².